The van der Waals surface area contributed by atoms with Gasteiger partial charge in [0.2, 0.25) is 0 Å². The summed E-state index contributed by atoms with van der Waals surface area (Å²) in [6, 6.07) is 7.49. The maximum absolute atomic E-state index is 11.3. The summed E-state index contributed by atoms with van der Waals surface area (Å²) in [5.74, 6) is 0. The van der Waals surface area contributed by atoms with E-state index < -0.39 is 11.7 Å². The van der Waals surface area contributed by atoms with Gasteiger partial charge in [-0.25, -0.2) is 4.79 Å². The number of amides is 1. The molecule has 0 saturated carbocycles. The molecule has 0 fully saturated rings. The Morgan fingerprint density at radius 1 is 1.31 bits per heavy atom. The van der Waals surface area contributed by atoms with Crippen LogP contribution in [0.25, 0.3) is 0 Å². The molecule has 1 aromatic rings. The Morgan fingerprint density at radius 2 is 1.88 bits per heavy atom. The van der Waals surface area contributed by atoms with E-state index in [1.165, 1.54) is 6.21 Å². The first-order chi connectivity index (χ1) is 7.37. The summed E-state index contributed by atoms with van der Waals surface area (Å²) in [4.78, 5) is 15.0. The number of ether oxygens (including phenoxy) is 1. The van der Waals surface area contributed by atoms with Gasteiger partial charge in [-0.1, -0.05) is 28.1 Å². The number of hydrogen-bond acceptors (Lipinski definition) is 2. The van der Waals surface area contributed by atoms with Crippen LogP contribution in [0.4, 0.5) is 4.79 Å². The largest absolute Gasteiger partial charge is 0.442 e. The summed E-state index contributed by atoms with van der Waals surface area (Å²) in [5.41, 5.74) is 0.350. The second-order valence-corrected chi connectivity index (χ2v) is 5.21. The summed E-state index contributed by atoms with van der Waals surface area (Å²) >= 11 is 3.33. The first kappa shape index (κ1) is 12.9. The molecule has 16 heavy (non-hydrogen) atoms. The molecule has 0 heterocycles. The Labute approximate surface area is 104 Å². The van der Waals surface area contributed by atoms with Crippen LogP contribution in [0.15, 0.2) is 33.7 Å². The van der Waals surface area contributed by atoms with Crippen molar-refractivity contribution >= 4 is 28.2 Å². The predicted octanol–water partition coefficient (Wildman–Crippen LogP) is 3.80. The summed E-state index contributed by atoms with van der Waals surface area (Å²) in [6.45, 7) is 5.42. The van der Waals surface area contributed by atoms with Crippen LogP contribution in [0, 0.1) is 0 Å². The van der Waals surface area contributed by atoms with E-state index in [9.17, 15) is 4.79 Å². The van der Waals surface area contributed by atoms with Crippen molar-refractivity contribution in [1.29, 1.82) is 0 Å². The monoisotopic (exact) mass is 283 g/mol. The molecular formula is C12H14BrNO2. The molecule has 0 saturated heterocycles. The molecule has 1 rings (SSSR count). The predicted molar refractivity (Wildman–Crippen MR) is 68.0 cm³/mol. The van der Waals surface area contributed by atoms with Crippen LogP contribution in [0.3, 0.4) is 0 Å². The smallest absolute Gasteiger partial charge is 0.434 e. The zero-order valence-electron chi connectivity index (χ0n) is 9.53. The highest BCUT2D eigenvalue weighted by atomic mass is 79.9. The van der Waals surface area contributed by atoms with E-state index in [4.69, 9.17) is 4.74 Å². The van der Waals surface area contributed by atoms with E-state index in [1.54, 1.807) is 20.8 Å². The lowest BCUT2D eigenvalue weighted by molar-refractivity contribution is 0.0605. The molecule has 0 radical (unpaired) electrons. The van der Waals surface area contributed by atoms with E-state index in [1.807, 2.05) is 24.3 Å². The fourth-order valence-electron chi connectivity index (χ4n) is 0.964. The summed E-state index contributed by atoms with van der Waals surface area (Å²) < 4.78 is 6.02. The highest BCUT2D eigenvalue weighted by molar-refractivity contribution is 9.10. The van der Waals surface area contributed by atoms with Crippen LogP contribution in [0.2, 0.25) is 0 Å². The van der Waals surface area contributed by atoms with Gasteiger partial charge in [0.15, 0.2) is 0 Å². The van der Waals surface area contributed by atoms with Crippen molar-refractivity contribution in [3.63, 3.8) is 0 Å². The van der Waals surface area contributed by atoms with Gasteiger partial charge >= 0.3 is 6.09 Å². The number of carbonyl (C=O) groups excluding carboxylic acids is 1. The van der Waals surface area contributed by atoms with Gasteiger partial charge in [-0.2, -0.15) is 4.99 Å². The molecule has 3 nitrogen and oxygen atoms in total. The lowest BCUT2D eigenvalue weighted by Crippen LogP contribution is -2.21. The van der Waals surface area contributed by atoms with Crippen molar-refractivity contribution in [1.82, 2.24) is 0 Å². The van der Waals surface area contributed by atoms with Crippen LogP contribution < -0.4 is 0 Å². The standard InChI is InChI=1S/C12H14BrNO2/c1-12(2,3)16-11(15)14-8-9-4-6-10(13)7-5-9/h4-8H,1-3H3. The van der Waals surface area contributed by atoms with E-state index in [-0.39, 0.29) is 0 Å². The fourth-order valence-corrected chi connectivity index (χ4v) is 1.23. The zero-order chi connectivity index (χ0) is 12.2. The third-order valence-electron chi connectivity index (χ3n) is 1.58. The lowest BCUT2D eigenvalue weighted by Gasteiger charge is -2.17. The minimum absolute atomic E-state index is 0.506. The van der Waals surface area contributed by atoms with Crippen molar-refractivity contribution in [3.8, 4) is 0 Å². The Bertz CT molecular complexity index is 390. The van der Waals surface area contributed by atoms with E-state index >= 15 is 0 Å². The molecule has 0 aliphatic rings. The Kier molecular flexibility index (Phi) is 4.24. The van der Waals surface area contributed by atoms with Crippen molar-refractivity contribution in [2.24, 2.45) is 4.99 Å². The Balaban J connectivity index is 2.60. The van der Waals surface area contributed by atoms with E-state index in [0.29, 0.717) is 0 Å². The molecule has 0 aromatic heterocycles. The second kappa shape index (κ2) is 5.25. The number of halogens is 1. The molecule has 1 aromatic carbocycles. The fraction of sp³-hybridized carbons (Fsp3) is 0.333. The first-order valence-electron chi connectivity index (χ1n) is 4.89. The lowest BCUT2D eigenvalue weighted by atomic mass is 10.2. The molecule has 0 atom stereocenters. The zero-order valence-corrected chi connectivity index (χ0v) is 11.1. The molecule has 0 aliphatic carbocycles. The summed E-state index contributed by atoms with van der Waals surface area (Å²) in [6.07, 6.45) is 0.913. The van der Waals surface area contributed by atoms with Gasteiger partial charge in [0.05, 0.1) is 0 Å². The van der Waals surface area contributed by atoms with Crippen LogP contribution in [-0.4, -0.2) is 17.9 Å². The first-order valence-corrected chi connectivity index (χ1v) is 5.69. The van der Waals surface area contributed by atoms with E-state index in [2.05, 4.69) is 20.9 Å². The summed E-state index contributed by atoms with van der Waals surface area (Å²) in [5, 5.41) is 0. The maximum Gasteiger partial charge on any atom is 0.434 e. The molecule has 86 valence electrons. The van der Waals surface area contributed by atoms with E-state index in [0.717, 1.165) is 10.0 Å². The number of carbonyl (C=O) groups is 1. The number of nitrogens with zero attached hydrogens (tertiary/aromatic N) is 1. The van der Waals surface area contributed by atoms with Gasteiger partial charge in [0, 0.05) is 10.7 Å². The van der Waals surface area contributed by atoms with Gasteiger partial charge in [-0.3, -0.25) is 0 Å². The third-order valence-corrected chi connectivity index (χ3v) is 2.11. The minimum atomic E-state index is -0.574. The quantitative estimate of drug-likeness (QED) is 0.736. The molecule has 0 unspecified atom stereocenters. The van der Waals surface area contributed by atoms with Crippen molar-refractivity contribution in [3.05, 3.63) is 34.3 Å². The molecule has 0 aliphatic heterocycles. The molecule has 4 heteroatoms. The molecule has 0 N–H and O–H groups in total. The molecule has 0 bridgehead atoms. The van der Waals surface area contributed by atoms with Crippen LogP contribution in [-0.2, 0) is 4.74 Å². The highest BCUT2D eigenvalue weighted by Crippen LogP contribution is 2.10. The minimum Gasteiger partial charge on any atom is -0.442 e. The molecular weight excluding hydrogens is 270 g/mol. The van der Waals surface area contributed by atoms with Crippen LogP contribution >= 0.6 is 15.9 Å². The Hall–Kier alpha value is -1.16. The third kappa shape index (κ3) is 5.07. The van der Waals surface area contributed by atoms with Crippen molar-refractivity contribution < 1.29 is 9.53 Å². The average Bonchev–Trinajstić information content (AvgIpc) is 2.14. The second-order valence-electron chi connectivity index (χ2n) is 4.29. The normalized spacial score (nSPS) is 11.8. The summed E-state index contributed by atoms with van der Waals surface area (Å²) in [7, 11) is 0. The van der Waals surface area contributed by atoms with Gasteiger partial charge in [0.1, 0.15) is 5.60 Å². The molecule has 0 spiro atoms. The van der Waals surface area contributed by atoms with Gasteiger partial charge in [-0.05, 0) is 38.5 Å². The van der Waals surface area contributed by atoms with Gasteiger partial charge in [0.25, 0.3) is 0 Å². The van der Waals surface area contributed by atoms with Gasteiger partial charge in [-0.15, -0.1) is 0 Å². The molecule has 1 amide bonds. The van der Waals surface area contributed by atoms with Gasteiger partial charge < -0.3 is 4.74 Å². The van der Waals surface area contributed by atoms with Crippen LogP contribution in [0.5, 0.6) is 0 Å². The highest BCUT2D eigenvalue weighted by Gasteiger charge is 2.14. The van der Waals surface area contributed by atoms with Crippen molar-refractivity contribution in [2.75, 3.05) is 0 Å². The number of benzene rings is 1. The number of aliphatic imine (C=N–C) groups is 1. The topological polar surface area (TPSA) is 38.7 Å². The SMILES string of the molecule is CC(C)(C)OC(=O)N=Cc1ccc(Br)cc1. The maximum atomic E-state index is 11.3. The number of rotatable bonds is 1. The Morgan fingerprint density at radius 3 is 2.38 bits per heavy atom. The van der Waals surface area contributed by atoms with Crippen LogP contribution in [0.1, 0.15) is 26.3 Å². The average molecular weight is 284 g/mol. The number of hydrogen-bond donors (Lipinski definition) is 0. The van der Waals surface area contributed by atoms with Crippen molar-refractivity contribution in [2.45, 2.75) is 26.4 Å².